The van der Waals surface area contributed by atoms with Crippen LogP contribution >= 0.6 is 0 Å². The molecule has 0 aromatic heterocycles. The van der Waals surface area contributed by atoms with Crippen LogP contribution in [0.5, 0.6) is 0 Å². The number of amides is 1. The first-order valence-corrected chi connectivity index (χ1v) is 7.64. The molecule has 1 saturated heterocycles. The normalized spacial score (nSPS) is 34.6. The third kappa shape index (κ3) is 3.05. The van der Waals surface area contributed by atoms with Crippen LogP contribution in [0.2, 0.25) is 0 Å². The van der Waals surface area contributed by atoms with Gasteiger partial charge in [0.05, 0.1) is 6.04 Å². The van der Waals surface area contributed by atoms with E-state index in [1.165, 1.54) is 32.1 Å². The molecule has 2 rings (SSSR count). The molecule has 0 aromatic rings. The fourth-order valence-corrected chi connectivity index (χ4v) is 3.42. The van der Waals surface area contributed by atoms with Crippen molar-refractivity contribution in [2.75, 3.05) is 13.1 Å². The van der Waals surface area contributed by atoms with E-state index in [-0.39, 0.29) is 6.04 Å². The number of likely N-dealkylation sites (tertiary alicyclic amines) is 1. The van der Waals surface area contributed by atoms with Gasteiger partial charge in [-0.05, 0) is 38.0 Å². The molecule has 2 aliphatic rings. The first-order valence-electron chi connectivity index (χ1n) is 7.64. The summed E-state index contributed by atoms with van der Waals surface area (Å²) >= 11 is 0. The molecule has 4 unspecified atom stereocenters. The average molecular weight is 252 g/mol. The summed E-state index contributed by atoms with van der Waals surface area (Å²) in [4.78, 5) is 14.3. The molecule has 1 amide bonds. The molecular formula is C15H28N2O. The molecule has 18 heavy (non-hydrogen) atoms. The number of hydrogen-bond donors (Lipinski definition) is 1. The highest BCUT2D eigenvalue weighted by Crippen LogP contribution is 2.29. The van der Waals surface area contributed by atoms with Gasteiger partial charge in [-0.25, -0.2) is 0 Å². The molecular weight excluding hydrogens is 224 g/mol. The van der Waals surface area contributed by atoms with Crippen molar-refractivity contribution < 1.29 is 4.79 Å². The number of carbonyl (C=O) groups is 1. The Morgan fingerprint density at radius 1 is 1.17 bits per heavy atom. The van der Waals surface area contributed by atoms with Crippen LogP contribution in [0.15, 0.2) is 0 Å². The highest BCUT2D eigenvalue weighted by atomic mass is 16.2. The van der Waals surface area contributed by atoms with Gasteiger partial charge in [0.1, 0.15) is 0 Å². The zero-order chi connectivity index (χ0) is 13.1. The first kappa shape index (κ1) is 13.9. The second kappa shape index (κ2) is 6.05. The zero-order valence-corrected chi connectivity index (χ0v) is 12.1. The van der Waals surface area contributed by atoms with Crippen molar-refractivity contribution in [3.8, 4) is 0 Å². The summed E-state index contributed by atoms with van der Waals surface area (Å²) in [5.74, 6) is 1.77. The van der Waals surface area contributed by atoms with E-state index in [0.29, 0.717) is 17.9 Å². The molecule has 0 bridgehead atoms. The van der Waals surface area contributed by atoms with Gasteiger partial charge in [-0.1, -0.05) is 26.7 Å². The second-order valence-corrected chi connectivity index (χ2v) is 6.29. The van der Waals surface area contributed by atoms with E-state index in [9.17, 15) is 4.79 Å². The fourth-order valence-electron chi connectivity index (χ4n) is 3.42. The number of hydrogen-bond acceptors (Lipinski definition) is 2. The Labute approximate surface area is 111 Å². The smallest absolute Gasteiger partial charge is 0.239 e. The predicted molar refractivity (Wildman–Crippen MR) is 74.4 cm³/mol. The van der Waals surface area contributed by atoms with Crippen LogP contribution in [-0.4, -0.2) is 36.0 Å². The molecule has 3 nitrogen and oxygen atoms in total. The van der Waals surface area contributed by atoms with Gasteiger partial charge in [0.15, 0.2) is 0 Å². The van der Waals surface area contributed by atoms with Crippen LogP contribution in [0.25, 0.3) is 0 Å². The van der Waals surface area contributed by atoms with Gasteiger partial charge in [-0.15, -0.1) is 0 Å². The summed E-state index contributed by atoms with van der Waals surface area (Å²) in [6.07, 6.45) is 6.22. The van der Waals surface area contributed by atoms with Crippen molar-refractivity contribution in [2.45, 2.75) is 65.0 Å². The minimum atomic E-state index is -0.0131. The minimum absolute atomic E-state index is 0.0131. The topological polar surface area (TPSA) is 32.3 Å². The highest BCUT2D eigenvalue weighted by Gasteiger charge is 2.30. The summed E-state index contributed by atoms with van der Waals surface area (Å²) in [6, 6.07) is 0.510. The van der Waals surface area contributed by atoms with Crippen molar-refractivity contribution in [1.29, 1.82) is 0 Å². The number of rotatable bonds is 3. The Morgan fingerprint density at radius 2 is 1.83 bits per heavy atom. The van der Waals surface area contributed by atoms with Crippen LogP contribution < -0.4 is 5.32 Å². The third-order valence-corrected chi connectivity index (χ3v) is 4.96. The predicted octanol–water partition coefficient (Wildman–Crippen LogP) is 2.41. The van der Waals surface area contributed by atoms with Crippen molar-refractivity contribution >= 4 is 5.91 Å². The molecule has 0 radical (unpaired) electrons. The maximum absolute atomic E-state index is 12.3. The van der Waals surface area contributed by atoms with Crippen molar-refractivity contribution in [3.05, 3.63) is 0 Å². The number of nitrogens with zero attached hydrogens (tertiary/aromatic N) is 1. The lowest BCUT2D eigenvalue weighted by molar-refractivity contribution is -0.132. The van der Waals surface area contributed by atoms with Gasteiger partial charge in [-0.2, -0.15) is 0 Å². The first-order chi connectivity index (χ1) is 8.59. The quantitative estimate of drug-likeness (QED) is 0.836. The van der Waals surface area contributed by atoms with Gasteiger partial charge in [-0.3, -0.25) is 4.79 Å². The van der Waals surface area contributed by atoms with E-state index >= 15 is 0 Å². The molecule has 1 heterocycles. The molecule has 1 saturated carbocycles. The van der Waals surface area contributed by atoms with Crippen LogP contribution in [0, 0.1) is 11.8 Å². The Hall–Kier alpha value is -0.570. The van der Waals surface area contributed by atoms with Crippen molar-refractivity contribution in [2.24, 2.45) is 11.8 Å². The maximum Gasteiger partial charge on any atom is 0.239 e. The summed E-state index contributed by atoms with van der Waals surface area (Å²) in [5.41, 5.74) is 0. The standard InChI is InChI=1S/C15H28N2O/c1-11-7-6-8-14(12(11)2)16-13(3)15(18)17-9-4-5-10-17/h11-14,16H,4-10H2,1-3H3. The Morgan fingerprint density at radius 3 is 2.50 bits per heavy atom. The van der Waals surface area contributed by atoms with Gasteiger partial charge < -0.3 is 10.2 Å². The lowest BCUT2D eigenvalue weighted by Crippen LogP contribution is -2.51. The van der Waals surface area contributed by atoms with Gasteiger partial charge in [0.25, 0.3) is 0 Å². The third-order valence-electron chi connectivity index (χ3n) is 4.96. The van der Waals surface area contributed by atoms with E-state index < -0.39 is 0 Å². The van der Waals surface area contributed by atoms with Gasteiger partial charge >= 0.3 is 0 Å². The number of nitrogens with one attached hydrogen (secondary N) is 1. The van der Waals surface area contributed by atoms with Crippen LogP contribution in [0.3, 0.4) is 0 Å². The van der Waals surface area contributed by atoms with Crippen molar-refractivity contribution in [1.82, 2.24) is 10.2 Å². The molecule has 2 fully saturated rings. The van der Waals surface area contributed by atoms with E-state index in [1.807, 2.05) is 11.8 Å². The largest absolute Gasteiger partial charge is 0.341 e. The van der Waals surface area contributed by atoms with E-state index in [0.717, 1.165) is 19.0 Å². The second-order valence-electron chi connectivity index (χ2n) is 6.29. The zero-order valence-electron chi connectivity index (χ0n) is 12.1. The van der Waals surface area contributed by atoms with Crippen molar-refractivity contribution in [3.63, 3.8) is 0 Å². The highest BCUT2D eigenvalue weighted by molar-refractivity contribution is 5.81. The Bertz CT molecular complexity index is 286. The Balaban J connectivity index is 1.85. The molecule has 1 N–H and O–H groups in total. The van der Waals surface area contributed by atoms with E-state index in [2.05, 4.69) is 19.2 Å². The molecule has 1 aliphatic heterocycles. The Kier molecular flexibility index (Phi) is 4.66. The molecule has 3 heteroatoms. The molecule has 0 aromatic carbocycles. The van der Waals surface area contributed by atoms with E-state index in [4.69, 9.17) is 0 Å². The lowest BCUT2D eigenvalue weighted by Gasteiger charge is -2.36. The van der Waals surface area contributed by atoms with Gasteiger partial charge in [0.2, 0.25) is 5.91 Å². The average Bonchev–Trinajstić information content (AvgIpc) is 2.87. The van der Waals surface area contributed by atoms with Gasteiger partial charge in [0, 0.05) is 19.1 Å². The molecule has 1 aliphatic carbocycles. The monoisotopic (exact) mass is 252 g/mol. The lowest BCUT2D eigenvalue weighted by atomic mass is 9.78. The number of carbonyl (C=O) groups excluding carboxylic acids is 1. The fraction of sp³-hybridized carbons (Fsp3) is 0.933. The van der Waals surface area contributed by atoms with Crippen LogP contribution in [-0.2, 0) is 4.79 Å². The molecule has 0 spiro atoms. The van der Waals surface area contributed by atoms with Crippen LogP contribution in [0.1, 0.15) is 52.9 Å². The summed E-state index contributed by atoms with van der Waals surface area (Å²) in [7, 11) is 0. The molecule has 104 valence electrons. The summed E-state index contributed by atoms with van der Waals surface area (Å²) in [6.45, 7) is 8.62. The molecule has 4 atom stereocenters. The van der Waals surface area contributed by atoms with E-state index in [1.54, 1.807) is 0 Å². The SMILES string of the molecule is CC(NC1CCCC(C)C1C)C(=O)N1CCCC1. The maximum atomic E-state index is 12.3. The van der Waals surface area contributed by atoms with Crippen LogP contribution in [0.4, 0.5) is 0 Å². The summed E-state index contributed by atoms with van der Waals surface area (Å²) < 4.78 is 0. The summed E-state index contributed by atoms with van der Waals surface area (Å²) in [5, 5.41) is 3.58. The minimum Gasteiger partial charge on any atom is -0.341 e.